The second-order valence-corrected chi connectivity index (χ2v) is 6.39. The van der Waals surface area contributed by atoms with Gasteiger partial charge in [-0.2, -0.15) is 5.10 Å². The summed E-state index contributed by atoms with van der Waals surface area (Å²) in [5.41, 5.74) is 0.370. The summed E-state index contributed by atoms with van der Waals surface area (Å²) in [6.45, 7) is 5.16. The number of amides is 1. The molecule has 0 spiro atoms. The van der Waals surface area contributed by atoms with E-state index in [1.165, 1.54) is 29.5 Å². The van der Waals surface area contributed by atoms with Gasteiger partial charge in [-0.25, -0.2) is 9.67 Å². The molecule has 138 valence electrons. The lowest BCUT2D eigenvalue weighted by atomic mass is 10.0. The van der Waals surface area contributed by atoms with Crippen molar-refractivity contribution in [1.29, 1.82) is 0 Å². The molecule has 1 saturated heterocycles. The van der Waals surface area contributed by atoms with Gasteiger partial charge in [0, 0.05) is 30.8 Å². The Labute approximate surface area is 151 Å². The quantitative estimate of drug-likeness (QED) is 0.623. The van der Waals surface area contributed by atoms with E-state index in [2.05, 4.69) is 27.2 Å². The molecule has 0 bridgehead atoms. The van der Waals surface area contributed by atoms with Crippen LogP contribution in [0.5, 0.6) is 0 Å². The Kier molecular flexibility index (Phi) is 5.57. The number of hydrogen-bond acceptors (Lipinski definition) is 6. The molecule has 1 aliphatic rings. The van der Waals surface area contributed by atoms with Gasteiger partial charge in [-0.15, -0.1) is 0 Å². The fourth-order valence-electron chi connectivity index (χ4n) is 3.22. The van der Waals surface area contributed by atoms with Crippen LogP contribution in [0.3, 0.4) is 0 Å². The van der Waals surface area contributed by atoms with Crippen molar-refractivity contribution in [3.8, 4) is 5.69 Å². The Morgan fingerprint density at radius 1 is 1.38 bits per heavy atom. The van der Waals surface area contributed by atoms with Crippen molar-refractivity contribution in [2.24, 2.45) is 0 Å². The second-order valence-electron chi connectivity index (χ2n) is 6.39. The molecule has 1 fully saturated rings. The average Bonchev–Trinajstić information content (AvgIpc) is 3.17. The van der Waals surface area contributed by atoms with E-state index in [0.717, 1.165) is 38.9 Å². The van der Waals surface area contributed by atoms with Crippen molar-refractivity contribution in [1.82, 2.24) is 25.0 Å². The van der Waals surface area contributed by atoms with Crippen LogP contribution in [0.25, 0.3) is 5.69 Å². The van der Waals surface area contributed by atoms with Crippen molar-refractivity contribution in [3.05, 3.63) is 46.5 Å². The van der Waals surface area contributed by atoms with Gasteiger partial charge in [0.25, 0.3) is 11.6 Å². The summed E-state index contributed by atoms with van der Waals surface area (Å²) >= 11 is 0. The summed E-state index contributed by atoms with van der Waals surface area (Å²) in [5.74, 6) is -0.285. The van der Waals surface area contributed by atoms with E-state index in [0.29, 0.717) is 0 Å². The third kappa shape index (κ3) is 4.05. The summed E-state index contributed by atoms with van der Waals surface area (Å²) in [6.07, 6.45) is 5.59. The molecule has 0 aliphatic carbocycles. The van der Waals surface area contributed by atoms with Crippen LogP contribution in [0.15, 0.2) is 30.9 Å². The lowest BCUT2D eigenvalue weighted by Crippen LogP contribution is -2.44. The highest BCUT2D eigenvalue weighted by Gasteiger charge is 2.23. The number of carbonyl (C=O) groups excluding carboxylic acids is 1. The SMILES string of the molecule is CCCN1CCC(NC(=O)c2ccc(-n3cncn3)c([N+](=O)[O-])c2)CC1. The van der Waals surface area contributed by atoms with Gasteiger partial charge in [0.1, 0.15) is 18.3 Å². The van der Waals surface area contributed by atoms with Crippen LogP contribution in [0.2, 0.25) is 0 Å². The van der Waals surface area contributed by atoms with Gasteiger partial charge in [0.15, 0.2) is 0 Å². The molecule has 0 atom stereocenters. The molecular weight excluding hydrogens is 336 g/mol. The molecule has 1 N–H and O–H groups in total. The van der Waals surface area contributed by atoms with Crippen molar-refractivity contribution in [2.45, 2.75) is 32.2 Å². The number of rotatable bonds is 6. The molecule has 2 heterocycles. The Morgan fingerprint density at radius 3 is 2.77 bits per heavy atom. The maximum Gasteiger partial charge on any atom is 0.295 e. The fraction of sp³-hybridized carbons (Fsp3) is 0.471. The number of likely N-dealkylation sites (tertiary alicyclic amines) is 1. The normalized spacial score (nSPS) is 15.7. The van der Waals surface area contributed by atoms with Gasteiger partial charge in [0.05, 0.1) is 4.92 Å². The zero-order valence-corrected chi connectivity index (χ0v) is 14.7. The smallest absolute Gasteiger partial charge is 0.295 e. The first-order chi connectivity index (χ1) is 12.6. The number of hydrogen-bond donors (Lipinski definition) is 1. The van der Waals surface area contributed by atoms with Crippen LogP contribution >= 0.6 is 0 Å². The second kappa shape index (κ2) is 8.05. The average molecular weight is 358 g/mol. The highest BCUT2D eigenvalue weighted by atomic mass is 16.6. The van der Waals surface area contributed by atoms with Gasteiger partial charge in [-0.05, 0) is 37.9 Å². The zero-order chi connectivity index (χ0) is 18.5. The van der Waals surface area contributed by atoms with E-state index >= 15 is 0 Å². The number of aromatic nitrogens is 3. The number of nitrogens with one attached hydrogen (secondary N) is 1. The molecule has 0 saturated carbocycles. The Bertz CT molecular complexity index is 769. The minimum atomic E-state index is -0.517. The van der Waals surface area contributed by atoms with E-state index in [-0.39, 0.29) is 28.9 Å². The highest BCUT2D eigenvalue weighted by molar-refractivity contribution is 5.95. The summed E-state index contributed by atoms with van der Waals surface area (Å²) in [6, 6.07) is 4.49. The summed E-state index contributed by atoms with van der Waals surface area (Å²) in [5, 5.41) is 18.3. The molecule has 0 radical (unpaired) electrons. The number of nitro benzene ring substituents is 1. The lowest BCUT2D eigenvalue weighted by molar-refractivity contribution is -0.384. The first-order valence-corrected chi connectivity index (χ1v) is 8.75. The predicted molar refractivity (Wildman–Crippen MR) is 95.2 cm³/mol. The summed E-state index contributed by atoms with van der Waals surface area (Å²) in [4.78, 5) is 29.6. The van der Waals surface area contributed by atoms with Gasteiger partial charge >= 0.3 is 0 Å². The number of nitro groups is 1. The van der Waals surface area contributed by atoms with E-state index in [9.17, 15) is 14.9 Å². The zero-order valence-electron chi connectivity index (χ0n) is 14.7. The molecule has 2 aromatic rings. The van der Waals surface area contributed by atoms with Gasteiger partial charge in [0.2, 0.25) is 0 Å². The van der Waals surface area contributed by atoms with E-state index in [1.807, 2.05) is 0 Å². The third-order valence-corrected chi connectivity index (χ3v) is 4.56. The van der Waals surface area contributed by atoms with Crippen LogP contribution in [-0.4, -0.2) is 56.2 Å². The maximum atomic E-state index is 12.5. The molecule has 1 aliphatic heterocycles. The molecule has 3 rings (SSSR count). The topological polar surface area (TPSA) is 106 Å². The molecule has 1 aromatic heterocycles. The van der Waals surface area contributed by atoms with Gasteiger partial charge < -0.3 is 10.2 Å². The summed E-state index contributed by atoms with van der Waals surface area (Å²) < 4.78 is 1.31. The first kappa shape index (κ1) is 18.0. The van der Waals surface area contributed by atoms with Crippen LogP contribution in [0.1, 0.15) is 36.5 Å². The largest absolute Gasteiger partial charge is 0.349 e. The van der Waals surface area contributed by atoms with Gasteiger partial charge in [-0.3, -0.25) is 14.9 Å². The lowest BCUT2D eigenvalue weighted by Gasteiger charge is -2.32. The van der Waals surface area contributed by atoms with E-state index in [1.54, 1.807) is 6.07 Å². The van der Waals surface area contributed by atoms with E-state index < -0.39 is 4.92 Å². The standard InChI is InChI=1S/C17H22N6O3/c1-2-7-21-8-5-14(6-9-21)20-17(24)13-3-4-15(16(10-13)23(25)26)22-12-18-11-19-22/h3-4,10-12,14H,2,5-9H2,1H3,(H,20,24). The van der Waals surface area contributed by atoms with Crippen LogP contribution < -0.4 is 5.32 Å². The minimum Gasteiger partial charge on any atom is -0.349 e. The number of benzene rings is 1. The molecule has 1 amide bonds. The van der Waals surface area contributed by atoms with Crippen molar-refractivity contribution < 1.29 is 9.72 Å². The van der Waals surface area contributed by atoms with Crippen molar-refractivity contribution in [2.75, 3.05) is 19.6 Å². The number of nitrogens with zero attached hydrogens (tertiary/aromatic N) is 5. The van der Waals surface area contributed by atoms with Crippen LogP contribution in [-0.2, 0) is 0 Å². The fourth-order valence-corrected chi connectivity index (χ4v) is 3.22. The van der Waals surface area contributed by atoms with Gasteiger partial charge in [-0.1, -0.05) is 6.92 Å². The Morgan fingerprint density at radius 2 is 2.15 bits per heavy atom. The summed E-state index contributed by atoms with van der Waals surface area (Å²) in [7, 11) is 0. The predicted octanol–water partition coefficient (Wildman–Crippen LogP) is 1.78. The maximum absolute atomic E-state index is 12.5. The number of piperidine rings is 1. The van der Waals surface area contributed by atoms with Crippen LogP contribution in [0, 0.1) is 10.1 Å². The third-order valence-electron chi connectivity index (χ3n) is 4.56. The van der Waals surface area contributed by atoms with Crippen molar-refractivity contribution in [3.63, 3.8) is 0 Å². The van der Waals surface area contributed by atoms with E-state index in [4.69, 9.17) is 0 Å². The molecular formula is C17H22N6O3. The van der Waals surface area contributed by atoms with Crippen LogP contribution in [0.4, 0.5) is 5.69 Å². The molecule has 1 aromatic carbocycles. The molecule has 9 heteroatoms. The van der Waals surface area contributed by atoms with Crippen molar-refractivity contribution >= 4 is 11.6 Å². The Balaban J connectivity index is 1.70. The molecule has 9 nitrogen and oxygen atoms in total. The molecule has 0 unspecified atom stereocenters. The monoisotopic (exact) mass is 358 g/mol. The highest BCUT2D eigenvalue weighted by Crippen LogP contribution is 2.23. The Hall–Kier alpha value is -2.81. The minimum absolute atomic E-state index is 0.102. The molecule has 26 heavy (non-hydrogen) atoms. The first-order valence-electron chi connectivity index (χ1n) is 8.75. The number of carbonyl (C=O) groups is 1.